The van der Waals surface area contributed by atoms with Gasteiger partial charge in [0.1, 0.15) is 11.9 Å². The van der Waals surface area contributed by atoms with Crippen LogP contribution in [0.4, 0.5) is 11.5 Å². The molecule has 1 aromatic heterocycles. The van der Waals surface area contributed by atoms with Gasteiger partial charge in [-0.05, 0) is 24.3 Å². The van der Waals surface area contributed by atoms with Crippen LogP contribution in [0.2, 0.25) is 0 Å². The molecule has 9 heteroatoms. The molecule has 0 atom stereocenters. The highest BCUT2D eigenvalue weighted by Gasteiger charge is 2.14. The molecule has 2 aromatic rings. The van der Waals surface area contributed by atoms with Gasteiger partial charge >= 0.3 is 0 Å². The predicted molar refractivity (Wildman–Crippen MR) is 107 cm³/mol. The number of nitrogens with zero attached hydrogens (tertiary/aromatic N) is 2. The molecular formula is C20H23N5O4. The summed E-state index contributed by atoms with van der Waals surface area (Å²) in [4.78, 5) is 28.7. The zero-order chi connectivity index (χ0) is 20.9. The van der Waals surface area contributed by atoms with E-state index in [0.717, 1.165) is 0 Å². The Labute approximate surface area is 168 Å². The van der Waals surface area contributed by atoms with Crippen LogP contribution in [0.1, 0.15) is 22.3 Å². The average Bonchev–Trinajstić information content (AvgIpc) is 2.74. The normalized spacial score (nSPS) is 10.2. The number of nitrogens with two attached hydrogens (primary N) is 1. The zero-order valence-electron chi connectivity index (χ0n) is 15.9. The first-order valence-corrected chi connectivity index (χ1v) is 9.06. The maximum absolute atomic E-state index is 12.5. The topological polar surface area (TPSA) is 139 Å². The van der Waals surface area contributed by atoms with E-state index in [0.29, 0.717) is 49.0 Å². The number of amides is 2. The zero-order valence-corrected chi connectivity index (χ0v) is 15.9. The van der Waals surface area contributed by atoms with Crippen molar-refractivity contribution >= 4 is 23.3 Å². The summed E-state index contributed by atoms with van der Waals surface area (Å²) in [5.74, 6) is -0.392. The maximum atomic E-state index is 12.5. The third-order valence-electron chi connectivity index (χ3n) is 3.69. The van der Waals surface area contributed by atoms with Gasteiger partial charge in [0.2, 0.25) is 5.91 Å². The van der Waals surface area contributed by atoms with Crippen molar-refractivity contribution in [1.82, 2.24) is 4.98 Å². The molecule has 1 heterocycles. The van der Waals surface area contributed by atoms with Crippen LogP contribution in [0.3, 0.4) is 0 Å². The van der Waals surface area contributed by atoms with E-state index in [1.54, 1.807) is 30.3 Å². The molecule has 0 aliphatic carbocycles. The van der Waals surface area contributed by atoms with E-state index >= 15 is 0 Å². The van der Waals surface area contributed by atoms with E-state index in [1.165, 1.54) is 12.3 Å². The Morgan fingerprint density at radius 3 is 2.48 bits per heavy atom. The van der Waals surface area contributed by atoms with Crippen LogP contribution in [0.5, 0.6) is 0 Å². The lowest BCUT2D eigenvalue weighted by Gasteiger charge is -2.11. The van der Waals surface area contributed by atoms with Crippen molar-refractivity contribution in [2.75, 3.05) is 43.6 Å². The minimum Gasteiger partial charge on any atom is -0.379 e. The molecule has 0 aliphatic heterocycles. The fourth-order valence-corrected chi connectivity index (χ4v) is 2.29. The monoisotopic (exact) mass is 397 g/mol. The van der Waals surface area contributed by atoms with Gasteiger partial charge in [-0.25, -0.2) is 4.98 Å². The minimum atomic E-state index is -0.425. The molecule has 0 unspecified atom stereocenters. The van der Waals surface area contributed by atoms with E-state index < -0.39 is 5.91 Å². The summed E-state index contributed by atoms with van der Waals surface area (Å²) < 4.78 is 10.5. The summed E-state index contributed by atoms with van der Waals surface area (Å²) in [6, 6.07) is 11.7. The van der Waals surface area contributed by atoms with Crippen molar-refractivity contribution in [3.8, 4) is 6.07 Å². The fraction of sp³-hybridized carbons (Fsp3) is 0.300. The predicted octanol–water partition coefficient (Wildman–Crippen LogP) is 1.53. The molecule has 9 nitrogen and oxygen atoms in total. The van der Waals surface area contributed by atoms with E-state index in [2.05, 4.69) is 15.6 Å². The molecule has 0 aliphatic rings. The molecule has 0 saturated heterocycles. The minimum absolute atomic E-state index is 0.143. The van der Waals surface area contributed by atoms with Gasteiger partial charge in [-0.15, -0.1) is 0 Å². The summed E-state index contributed by atoms with van der Waals surface area (Å²) in [5, 5.41) is 14.2. The van der Waals surface area contributed by atoms with Crippen molar-refractivity contribution in [1.29, 1.82) is 5.26 Å². The van der Waals surface area contributed by atoms with Crippen LogP contribution in [-0.2, 0) is 14.3 Å². The van der Waals surface area contributed by atoms with E-state index in [1.807, 2.05) is 6.07 Å². The number of hydrogen-bond donors (Lipinski definition) is 3. The third kappa shape index (κ3) is 7.67. The molecule has 0 spiro atoms. The van der Waals surface area contributed by atoms with Crippen molar-refractivity contribution in [2.24, 2.45) is 5.73 Å². The van der Waals surface area contributed by atoms with E-state index in [-0.39, 0.29) is 18.9 Å². The van der Waals surface area contributed by atoms with Gasteiger partial charge in [-0.2, -0.15) is 5.26 Å². The largest absolute Gasteiger partial charge is 0.379 e. The number of carbonyl (C=O) groups is 2. The molecule has 0 saturated carbocycles. The number of rotatable bonds is 11. The Hall–Kier alpha value is -3.32. The number of nitriles is 1. The number of carbonyl (C=O) groups excluding carboxylic acids is 2. The molecule has 2 rings (SSSR count). The first-order valence-electron chi connectivity index (χ1n) is 9.06. The lowest BCUT2D eigenvalue weighted by Crippen LogP contribution is -2.20. The van der Waals surface area contributed by atoms with Crippen molar-refractivity contribution in [2.45, 2.75) is 6.42 Å². The lowest BCUT2D eigenvalue weighted by atomic mass is 10.1. The summed E-state index contributed by atoms with van der Waals surface area (Å²) in [6.07, 6.45) is 1.51. The SMILES string of the molecule is N#Cc1ccc(NC(=O)c2ccccc2NC(=O)CCOCCOCCN)nc1. The summed E-state index contributed by atoms with van der Waals surface area (Å²) in [5.41, 5.74) is 6.38. The molecule has 1 aromatic carbocycles. The lowest BCUT2D eigenvalue weighted by molar-refractivity contribution is -0.117. The highest BCUT2D eigenvalue weighted by Crippen LogP contribution is 2.17. The highest BCUT2D eigenvalue weighted by molar-refractivity contribution is 6.09. The van der Waals surface area contributed by atoms with Crippen LogP contribution in [0.15, 0.2) is 42.6 Å². The fourth-order valence-electron chi connectivity index (χ4n) is 2.29. The number of benzene rings is 1. The standard InChI is InChI=1S/C20H23N5O4/c21-8-10-29-12-11-28-9-7-19(26)24-17-4-2-1-3-16(17)20(27)25-18-6-5-15(13-22)14-23-18/h1-6,14H,7-12,21H2,(H,24,26)(H,23,25,27). The second-order valence-electron chi connectivity index (χ2n) is 5.86. The Morgan fingerprint density at radius 2 is 1.79 bits per heavy atom. The number of para-hydroxylation sites is 1. The van der Waals surface area contributed by atoms with Crippen molar-refractivity contribution in [3.05, 3.63) is 53.7 Å². The van der Waals surface area contributed by atoms with Gasteiger partial charge in [-0.3, -0.25) is 9.59 Å². The van der Waals surface area contributed by atoms with Crippen LogP contribution in [-0.4, -0.2) is 49.8 Å². The van der Waals surface area contributed by atoms with Gasteiger partial charge in [-0.1, -0.05) is 12.1 Å². The molecule has 0 fully saturated rings. The maximum Gasteiger partial charge on any atom is 0.258 e. The Balaban J connectivity index is 1.86. The Bertz CT molecular complexity index is 849. The van der Waals surface area contributed by atoms with Crippen LogP contribution >= 0.6 is 0 Å². The molecule has 0 bridgehead atoms. The van der Waals surface area contributed by atoms with Crippen LogP contribution < -0.4 is 16.4 Å². The number of pyridine rings is 1. The summed E-state index contributed by atoms with van der Waals surface area (Å²) in [7, 11) is 0. The first-order chi connectivity index (χ1) is 14.1. The van der Waals surface area contributed by atoms with Gasteiger partial charge in [0.25, 0.3) is 5.91 Å². The van der Waals surface area contributed by atoms with Gasteiger partial charge in [0.15, 0.2) is 0 Å². The summed E-state index contributed by atoms with van der Waals surface area (Å²) in [6.45, 7) is 1.97. The van der Waals surface area contributed by atoms with E-state index in [9.17, 15) is 9.59 Å². The highest BCUT2D eigenvalue weighted by atomic mass is 16.5. The second kappa shape index (κ2) is 12.2. The summed E-state index contributed by atoms with van der Waals surface area (Å²) >= 11 is 0. The van der Waals surface area contributed by atoms with Gasteiger partial charge < -0.3 is 25.8 Å². The number of anilines is 2. The Morgan fingerprint density at radius 1 is 1.03 bits per heavy atom. The number of aromatic nitrogens is 1. The second-order valence-corrected chi connectivity index (χ2v) is 5.86. The van der Waals surface area contributed by atoms with Gasteiger partial charge in [0, 0.05) is 12.7 Å². The Kier molecular flexibility index (Phi) is 9.24. The molecule has 29 heavy (non-hydrogen) atoms. The molecule has 2 amide bonds. The number of nitrogens with one attached hydrogen (secondary N) is 2. The van der Waals surface area contributed by atoms with Crippen LogP contribution in [0.25, 0.3) is 0 Å². The van der Waals surface area contributed by atoms with Crippen molar-refractivity contribution in [3.63, 3.8) is 0 Å². The van der Waals surface area contributed by atoms with Crippen LogP contribution in [0, 0.1) is 11.3 Å². The van der Waals surface area contributed by atoms with Gasteiger partial charge in [0.05, 0.1) is 49.7 Å². The number of hydrogen-bond acceptors (Lipinski definition) is 7. The first kappa shape index (κ1) is 22.0. The number of ether oxygens (including phenoxy) is 2. The van der Waals surface area contributed by atoms with E-state index in [4.69, 9.17) is 20.5 Å². The average molecular weight is 397 g/mol. The quantitative estimate of drug-likeness (QED) is 0.489. The molecule has 152 valence electrons. The molecule has 0 radical (unpaired) electrons. The molecule has 4 N–H and O–H groups in total. The van der Waals surface area contributed by atoms with Crippen molar-refractivity contribution < 1.29 is 19.1 Å². The smallest absolute Gasteiger partial charge is 0.258 e. The molecular weight excluding hydrogens is 374 g/mol. The third-order valence-corrected chi connectivity index (χ3v) is 3.69.